The van der Waals surface area contributed by atoms with Crippen LogP contribution in [0, 0.1) is 0 Å². The lowest BCUT2D eigenvalue weighted by Crippen LogP contribution is -2.16. The molecule has 0 spiro atoms. The Balaban J connectivity index is 1.13. The van der Waals surface area contributed by atoms with Gasteiger partial charge < -0.3 is 14.7 Å². The van der Waals surface area contributed by atoms with E-state index in [0.29, 0.717) is 34.0 Å². The van der Waals surface area contributed by atoms with Crippen LogP contribution in [0.5, 0.6) is 0 Å². The van der Waals surface area contributed by atoms with E-state index >= 15 is 0 Å². The molecule has 1 aliphatic heterocycles. The van der Waals surface area contributed by atoms with Gasteiger partial charge in [0.05, 0.1) is 18.9 Å². The van der Waals surface area contributed by atoms with Gasteiger partial charge in [-0.25, -0.2) is 0 Å². The molecular formula is C45H30N3O-. The number of nitrogens with zero attached hydrogens (tertiary/aromatic N) is 3. The predicted molar refractivity (Wildman–Crippen MR) is 202 cm³/mol. The summed E-state index contributed by atoms with van der Waals surface area (Å²) in [5.74, 6) is 0.666. The maximum atomic E-state index is 8.68. The van der Waals surface area contributed by atoms with Gasteiger partial charge in [-0.1, -0.05) is 163 Å². The van der Waals surface area contributed by atoms with E-state index in [9.17, 15) is 0 Å². The van der Waals surface area contributed by atoms with Crippen LogP contribution in [0.2, 0.25) is 0 Å². The molecule has 0 saturated carbocycles. The summed E-state index contributed by atoms with van der Waals surface area (Å²) in [5.41, 5.74) is 9.42. The van der Waals surface area contributed by atoms with Crippen LogP contribution in [0.25, 0.3) is 60.6 Å². The molecule has 0 fully saturated rings. The summed E-state index contributed by atoms with van der Waals surface area (Å²) in [6.45, 7) is 0. The van der Waals surface area contributed by atoms with Crippen molar-refractivity contribution in [1.82, 2.24) is 0 Å². The predicted octanol–water partition coefficient (Wildman–Crippen LogP) is 11.9. The SMILES string of the molecule is [2H]c1c([2H])c([2H])c(C2N=C(c3cccc4oc5ccc(-c6ccc(-c7ccc(-c8ccccc8)cc7)cc6)cc5c34)N=C(c3ccccc3)[N-]2)c([2H])c1[2H]. The number of fused-ring (bicyclic) bond motifs is 3. The van der Waals surface area contributed by atoms with Crippen LogP contribution in [-0.4, -0.2) is 11.7 Å². The molecule has 0 amide bonds. The van der Waals surface area contributed by atoms with Crippen molar-refractivity contribution in [2.45, 2.75) is 6.17 Å². The van der Waals surface area contributed by atoms with Crippen LogP contribution < -0.4 is 0 Å². The van der Waals surface area contributed by atoms with Crippen LogP contribution in [0.15, 0.2) is 190 Å². The van der Waals surface area contributed by atoms with E-state index in [1.807, 2.05) is 78.9 Å². The van der Waals surface area contributed by atoms with E-state index in [2.05, 4.69) is 66.7 Å². The fourth-order valence-corrected chi connectivity index (χ4v) is 6.33. The smallest absolute Gasteiger partial charge is 0.136 e. The highest BCUT2D eigenvalue weighted by atomic mass is 16.3. The normalized spacial score (nSPS) is 15.8. The van der Waals surface area contributed by atoms with Crippen LogP contribution in [-0.2, 0) is 0 Å². The molecule has 0 saturated heterocycles. The standard InChI is InChI=1S/C45H30N3O/c1-4-11-30(12-5-1)31-19-21-32(22-20-31)33-23-25-34(26-24-33)37-27-28-40-39(29-37)42-38(17-10-18-41(42)49-40)45-47-43(35-13-6-2-7-14-35)46-44(48-45)36-15-8-3-9-16-36/h1-29,43H/q-1/i2D,6D,7D,13D,14D. The maximum absolute atomic E-state index is 8.68. The number of rotatable bonds is 6. The maximum Gasteiger partial charge on any atom is 0.136 e. The number of furan rings is 1. The van der Waals surface area contributed by atoms with Crippen LogP contribution >= 0.6 is 0 Å². The highest BCUT2D eigenvalue weighted by molar-refractivity contribution is 6.24. The molecule has 49 heavy (non-hydrogen) atoms. The van der Waals surface area contributed by atoms with Crippen LogP contribution in [0.1, 0.15) is 29.7 Å². The van der Waals surface area contributed by atoms with Gasteiger partial charge in [0.15, 0.2) is 0 Å². The topological polar surface area (TPSA) is 52.0 Å². The average Bonchev–Trinajstić information content (AvgIpc) is 3.61. The van der Waals surface area contributed by atoms with Crippen LogP contribution in [0.4, 0.5) is 0 Å². The van der Waals surface area contributed by atoms with Gasteiger partial charge in [0.2, 0.25) is 0 Å². The van der Waals surface area contributed by atoms with Crippen molar-refractivity contribution in [3.8, 4) is 33.4 Å². The fourth-order valence-electron chi connectivity index (χ4n) is 6.33. The van der Waals surface area contributed by atoms with Gasteiger partial charge >= 0.3 is 0 Å². The van der Waals surface area contributed by atoms with Gasteiger partial charge in [0.1, 0.15) is 11.2 Å². The molecule has 0 radical (unpaired) electrons. The molecule has 4 nitrogen and oxygen atoms in total. The molecule has 7 aromatic carbocycles. The van der Waals surface area contributed by atoms with Crippen molar-refractivity contribution in [2.75, 3.05) is 0 Å². The Morgan fingerprint density at radius 3 is 1.76 bits per heavy atom. The zero-order valence-electron chi connectivity index (χ0n) is 31.2. The molecular weight excluding hydrogens is 599 g/mol. The minimum Gasteiger partial charge on any atom is -0.456 e. The first-order chi connectivity index (χ1) is 26.3. The summed E-state index contributed by atoms with van der Waals surface area (Å²) in [7, 11) is 0. The second kappa shape index (κ2) is 12.3. The fraction of sp³-hybridized carbons (Fsp3) is 0.0222. The lowest BCUT2D eigenvalue weighted by atomic mass is 9.97. The van der Waals surface area contributed by atoms with Gasteiger partial charge in [-0.2, -0.15) is 0 Å². The first-order valence-electron chi connectivity index (χ1n) is 18.6. The summed E-state index contributed by atoms with van der Waals surface area (Å²) < 4.78 is 48.4. The molecule has 8 aromatic rings. The second-order valence-corrected chi connectivity index (χ2v) is 11.8. The first kappa shape index (κ1) is 23.7. The minimum atomic E-state index is -1.13. The van der Waals surface area contributed by atoms with Crippen molar-refractivity contribution in [2.24, 2.45) is 9.98 Å². The number of hydrogen-bond donors (Lipinski definition) is 0. The third-order valence-corrected chi connectivity index (χ3v) is 8.79. The summed E-state index contributed by atoms with van der Waals surface area (Å²) in [4.78, 5) is 9.77. The third kappa shape index (κ3) is 5.49. The van der Waals surface area contributed by atoms with E-state index in [1.54, 1.807) is 0 Å². The summed E-state index contributed by atoms with van der Waals surface area (Å²) >= 11 is 0. The van der Waals surface area contributed by atoms with Crippen molar-refractivity contribution in [3.05, 3.63) is 198 Å². The Hall–Kier alpha value is -6.52. The Kier molecular flexibility index (Phi) is 5.94. The largest absolute Gasteiger partial charge is 0.456 e. The van der Waals surface area contributed by atoms with E-state index in [-0.39, 0.29) is 17.6 Å². The molecule has 2 heterocycles. The average molecular weight is 634 g/mol. The molecule has 0 aliphatic carbocycles. The van der Waals surface area contributed by atoms with Gasteiger partial charge in [-0.05, 0) is 62.7 Å². The highest BCUT2D eigenvalue weighted by Crippen LogP contribution is 2.38. The van der Waals surface area contributed by atoms with E-state index in [1.165, 1.54) is 11.1 Å². The van der Waals surface area contributed by atoms with E-state index < -0.39 is 24.3 Å². The molecule has 0 bridgehead atoms. The summed E-state index contributed by atoms with van der Waals surface area (Å²) in [5, 5.41) is 6.41. The zero-order chi connectivity index (χ0) is 36.9. The molecule has 4 heteroatoms. The molecule has 1 aliphatic rings. The van der Waals surface area contributed by atoms with Crippen molar-refractivity contribution in [1.29, 1.82) is 0 Å². The van der Waals surface area contributed by atoms with Gasteiger partial charge in [0, 0.05) is 16.3 Å². The molecule has 9 rings (SSSR count). The minimum absolute atomic E-state index is 0.0103. The summed E-state index contributed by atoms with van der Waals surface area (Å²) in [6.07, 6.45) is -1.13. The van der Waals surface area contributed by atoms with E-state index in [0.717, 1.165) is 33.0 Å². The van der Waals surface area contributed by atoms with Crippen molar-refractivity contribution < 1.29 is 11.3 Å². The monoisotopic (exact) mass is 633 g/mol. The molecule has 232 valence electrons. The Labute approximate surface area is 291 Å². The number of benzene rings is 7. The van der Waals surface area contributed by atoms with Gasteiger partial charge in [-0.15, -0.1) is 0 Å². The van der Waals surface area contributed by atoms with Crippen LogP contribution in [0.3, 0.4) is 0 Å². The van der Waals surface area contributed by atoms with Crippen molar-refractivity contribution in [3.63, 3.8) is 0 Å². The first-order valence-corrected chi connectivity index (χ1v) is 16.1. The molecule has 0 N–H and O–H groups in total. The lowest BCUT2D eigenvalue weighted by molar-refractivity contribution is 0.669. The quantitative estimate of drug-likeness (QED) is 0.180. The number of amidine groups is 2. The lowest BCUT2D eigenvalue weighted by Gasteiger charge is -2.32. The molecule has 1 atom stereocenters. The molecule has 1 aromatic heterocycles. The number of aliphatic imine (C=N–C) groups is 2. The zero-order valence-corrected chi connectivity index (χ0v) is 26.2. The van der Waals surface area contributed by atoms with E-state index in [4.69, 9.17) is 26.6 Å². The Morgan fingerprint density at radius 2 is 1.10 bits per heavy atom. The molecule has 1 unspecified atom stereocenters. The number of hydrogen-bond acceptors (Lipinski definition) is 3. The Bertz CT molecular complexity index is 2750. The van der Waals surface area contributed by atoms with Gasteiger partial charge in [-0.3, -0.25) is 4.99 Å². The highest BCUT2D eigenvalue weighted by Gasteiger charge is 2.18. The summed E-state index contributed by atoms with van der Waals surface area (Å²) in [6, 6.07) is 46.6. The third-order valence-electron chi connectivity index (χ3n) is 8.79. The van der Waals surface area contributed by atoms with Gasteiger partial charge in [0.25, 0.3) is 0 Å². The second-order valence-electron chi connectivity index (χ2n) is 11.8. The van der Waals surface area contributed by atoms with Crippen molar-refractivity contribution >= 4 is 33.6 Å². The Morgan fingerprint density at radius 1 is 0.531 bits per heavy atom.